The van der Waals surface area contributed by atoms with Gasteiger partial charge in [-0.1, -0.05) is 49.9 Å². The molecule has 6 heteroatoms. The largest absolute Gasteiger partial charge is 0.353 e. The lowest BCUT2D eigenvalue weighted by atomic mass is 9.98. The summed E-state index contributed by atoms with van der Waals surface area (Å²) in [6.45, 7) is 8.19. The van der Waals surface area contributed by atoms with E-state index in [1.807, 2.05) is 44.2 Å². The number of hydrogen-bond acceptors (Lipinski definition) is 4. The van der Waals surface area contributed by atoms with Crippen LogP contribution in [0.25, 0.3) is 16.6 Å². The van der Waals surface area contributed by atoms with E-state index in [0.29, 0.717) is 22.0 Å². The fraction of sp³-hybridized carbons (Fsp3) is 0.348. The molecule has 0 unspecified atom stereocenters. The van der Waals surface area contributed by atoms with E-state index < -0.39 is 0 Å². The molecule has 152 valence electrons. The molecule has 0 bridgehead atoms. The van der Waals surface area contributed by atoms with Crippen LogP contribution in [0.1, 0.15) is 45.6 Å². The molecule has 3 aromatic rings. The first kappa shape index (κ1) is 21.1. The number of benzene rings is 2. The van der Waals surface area contributed by atoms with Crippen molar-refractivity contribution in [3.05, 3.63) is 64.4 Å². The third-order valence-corrected chi connectivity index (χ3v) is 5.80. The first-order chi connectivity index (χ1) is 13.9. The van der Waals surface area contributed by atoms with Crippen molar-refractivity contribution in [2.75, 3.05) is 5.75 Å². The van der Waals surface area contributed by atoms with E-state index >= 15 is 0 Å². The lowest BCUT2D eigenvalue weighted by Gasteiger charge is -2.15. The molecule has 1 atom stereocenters. The second-order valence-electron chi connectivity index (χ2n) is 7.46. The summed E-state index contributed by atoms with van der Waals surface area (Å²) in [7, 11) is 0. The number of aromatic nitrogens is 2. The predicted octanol–water partition coefficient (Wildman–Crippen LogP) is 4.52. The molecule has 1 N–H and O–H groups in total. The van der Waals surface area contributed by atoms with Gasteiger partial charge >= 0.3 is 0 Å². The number of carbonyl (C=O) groups is 1. The second kappa shape index (κ2) is 9.27. The molecule has 3 rings (SSSR count). The van der Waals surface area contributed by atoms with Crippen molar-refractivity contribution < 1.29 is 4.79 Å². The minimum absolute atomic E-state index is 0.0722. The van der Waals surface area contributed by atoms with Crippen LogP contribution in [0.2, 0.25) is 0 Å². The van der Waals surface area contributed by atoms with Crippen LogP contribution in [0.3, 0.4) is 0 Å². The fourth-order valence-corrected chi connectivity index (χ4v) is 3.94. The van der Waals surface area contributed by atoms with Crippen molar-refractivity contribution in [1.29, 1.82) is 0 Å². The van der Waals surface area contributed by atoms with E-state index in [2.05, 4.69) is 36.3 Å². The highest BCUT2D eigenvalue weighted by molar-refractivity contribution is 7.99. The maximum atomic E-state index is 13.3. The van der Waals surface area contributed by atoms with Crippen LogP contribution in [0.5, 0.6) is 0 Å². The highest BCUT2D eigenvalue weighted by Gasteiger charge is 2.15. The third kappa shape index (κ3) is 4.88. The summed E-state index contributed by atoms with van der Waals surface area (Å²) >= 11 is 1.28. The van der Waals surface area contributed by atoms with Gasteiger partial charge in [-0.25, -0.2) is 4.98 Å². The standard InChI is InChI=1S/C23H27N3O2S/c1-5-16(4)17-10-12-18(13-11-17)26-22(28)19-8-6-7-9-20(19)25-23(26)29-14-21(27)24-15(2)3/h6-13,15-16H,5,14H2,1-4H3,(H,24,27)/t16-/m0/s1. The average Bonchev–Trinajstić information content (AvgIpc) is 2.71. The molecular formula is C23H27N3O2S. The molecule has 29 heavy (non-hydrogen) atoms. The van der Waals surface area contributed by atoms with Crippen LogP contribution >= 0.6 is 11.8 Å². The first-order valence-electron chi connectivity index (χ1n) is 9.95. The van der Waals surface area contributed by atoms with Gasteiger partial charge < -0.3 is 5.32 Å². The summed E-state index contributed by atoms with van der Waals surface area (Å²) < 4.78 is 1.61. The van der Waals surface area contributed by atoms with Crippen LogP contribution in [0, 0.1) is 0 Å². The summed E-state index contributed by atoms with van der Waals surface area (Å²) in [6.07, 6.45) is 1.06. The van der Waals surface area contributed by atoms with Gasteiger partial charge in [-0.15, -0.1) is 0 Å². The van der Waals surface area contributed by atoms with E-state index in [1.54, 1.807) is 10.6 Å². The number of fused-ring (bicyclic) bond motifs is 1. The quantitative estimate of drug-likeness (QED) is 0.460. The molecule has 0 aliphatic carbocycles. The van der Waals surface area contributed by atoms with Gasteiger partial charge in [0, 0.05) is 6.04 Å². The molecule has 1 aromatic heterocycles. The summed E-state index contributed by atoms with van der Waals surface area (Å²) in [6, 6.07) is 15.4. The first-order valence-corrected chi connectivity index (χ1v) is 10.9. The maximum Gasteiger partial charge on any atom is 0.266 e. The third-order valence-electron chi connectivity index (χ3n) is 4.86. The Morgan fingerprint density at radius 1 is 1.10 bits per heavy atom. The molecule has 0 spiro atoms. The number of thioether (sulfide) groups is 1. The zero-order chi connectivity index (χ0) is 21.0. The minimum atomic E-state index is -0.126. The van der Waals surface area contributed by atoms with Crippen LogP contribution in [0.4, 0.5) is 0 Å². The van der Waals surface area contributed by atoms with Crippen LogP contribution in [0.15, 0.2) is 58.5 Å². The maximum absolute atomic E-state index is 13.3. The Labute approximate surface area is 175 Å². The summed E-state index contributed by atoms with van der Waals surface area (Å²) in [4.78, 5) is 30.1. The normalized spacial score (nSPS) is 12.3. The van der Waals surface area contributed by atoms with Crippen molar-refractivity contribution >= 4 is 28.6 Å². The van der Waals surface area contributed by atoms with Crippen molar-refractivity contribution in [2.45, 2.75) is 51.2 Å². The van der Waals surface area contributed by atoms with Gasteiger partial charge in [0.25, 0.3) is 5.56 Å². The van der Waals surface area contributed by atoms with E-state index in [-0.39, 0.29) is 23.3 Å². The Kier molecular flexibility index (Phi) is 6.75. The Hall–Kier alpha value is -2.60. The SMILES string of the molecule is CC[C@H](C)c1ccc(-n2c(SCC(=O)NC(C)C)nc3ccccc3c2=O)cc1. The lowest BCUT2D eigenvalue weighted by Crippen LogP contribution is -2.32. The topological polar surface area (TPSA) is 64.0 Å². The molecule has 0 aliphatic rings. The van der Waals surface area contributed by atoms with Crippen LogP contribution in [-0.2, 0) is 4.79 Å². The minimum Gasteiger partial charge on any atom is -0.353 e. The number of rotatable bonds is 7. The zero-order valence-electron chi connectivity index (χ0n) is 17.3. The number of nitrogens with one attached hydrogen (secondary N) is 1. The number of amides is 1. The molecular weight excluding hydrogens is 382 g/mol. The molecule has 0 saturated carbocycles. The highest BCUT2D eigenvalue weighted by atomic mass is 32.2. The van der Waals surface area contributed by atoms with Gasteiger partial charge in [-0.3, -0.25) is 14.2 Å². The monoisotopic (exact) mass is 409 g/mol. The molecule has 2 aromatic carbocycles. The number of para-hydroxylation sites is 1. The molecule has 1 amide bonds. The smallest absolute Gasteiger partial charge is 0.266 e. The van der Waals surface area contributed by atoms with E-state index in [9.17, 15) is 9.59 Å². The Morgan fingerprint density at radius 2 is 1.79 bits per heavy atom. The van der Waals surface area contributed by atoms with E-state index in [1.165, 1.54) is 17.3 Å². The van der Waals surface area contributed by atoms with Gasteiger partial charge in [0.05, 0.1) is 22.3 Å². The summed E-state index contributed by atoms with van der Waals surface area (Å²) in [5.74, 6) is 0.587. The molecule has 0 fully saturated rings. The summed E-state index contributed by atoms with van der Waals surface area (Å²) in [5, 5.41) is 3.96. The van der Waals surface area contributed by atoms with Gasteiger partial charge in [-0.05, 0) is 56.0 Å². The lowest BCUT2D eigenvalue weighted by molar-refractivity contribution is -0.119. The van der Waals surface area contributed by atoms with Crippen molar-refractivity contribution in [2.24, 2.45) is 0 Å². The van der Waals surface area contributed by atoms with Crippen molar-refractivity contribution in [1.82, 2.24) is 14.9 Å². The van der Waals surface area contributed by atoms with Crippen molar-refractivity contribution in [3.63, 3.8) is 0 Å². The van der Waals surface area contributed by atoms with Crippen LogP contribution in [-0.4, -0.2) is 27.3 Å². The van der Waals surface area contributed by atoms with Gasteiger partial charge in [0.2, 0.25) is 5.91 Å². The number of hydrogen-bond donors (Lipinski definition) is 1. The number of nitrogens with zero attached hydrogens (tertiary/aromatic N) is 2. The predicted molar refractivity (Wildman–Crippen MR) is 120 cm³/mol. The molecule has 0 saturated heterocycles. The average molecular weight is 410 g/mol. The fourth-order valence-electron chi connectivity index (χ4n) is 3.12. The summed E-state index contributed by atoms with van der Waals surface area (Å²) in [5.41, 5.74) is 2.51. The van der Waals surface area contributed by atoms with E-state index in [0.717, 1.165) is 12.1 Å². The Balaban J connectivity index is 2.05. The Bertz CT molecular complexity index is 1060. The van der Waals surface area contributed by atoms with Gasteiger partial charge in [0.1, 0.15) is 0 Å². The number of carbonyl (C=O) groups excluding carboxylic acids is 1. The van der Waals surface area contributed by atoms with E-state index in [4.69, 9.17) is 0 Å². The molecule has 0 radical (unpaired) electrons. The highest BCUT2D eigenvalue weighted by Crippen LogP contribution is 2.24. The molecule has 0 aliphatic heterocycles. The van der Waals surface area contributed by atoms with Crippen LogP contribution < -0.4 is 10.9 Å². The Morgan fingerprint density at radius 3 is 2.45 bits per heavy atom. The molecule has 1 heterocycles. The van der Waals surface area contributed by atoms with Gasteiger partial charge in [-0.2, -0.15) is 0 Å². The molecule has 5 nitrogen and oxygen atoms in total. The zero-order valence-corrected chi connectivity index (χ0v) is 18.1. The second-order valence-corrected chi connectivity index (χ2v) is 8.41. The van der Waals surface area contributed by atoms with Crippen molar-refractivity contribution in [3.8, 4) is 5.69 Å². The van der Waals surface area contributed by atoms with Gasteiger partial charge in [0.15, 0.2) is 5.16 Å².